The molecule has 3 rings (SSSR count). The van der Waals surface area contributed by atoms with Crippen LogP contribution in [0.3, 0.4) is 0 Å². The van der Waals surface area contributed by atoms with Crippen LogP contribution in [0.15, 0.2) is 53.1 Å². The highest BCUT2D eigenvalue weighted by atomic mass is 16.3. The van der Waals surface area contributed by atoms with Gasteiger partial charge < -0.3 is 19.0 Å². The average molecular weight is 298 g/mol. The second kappa shape index (κ2) is 6.07. The molecule has 0 radical (unpaired) electrons. The van der Waals surface area contributed by atoms with E-state index in [1.54, 1.807) is 17.2 Å². The number of aliphatic hydroxyl groups is 1. The molecule has 0 aliphatic rings. The Hall–Kier alpha value is -2.53. The predicted molar refractivity (Wildman–Crippen MR) is 83.5 cm³/mol. The van der Waals surface area contributed by atoms with Gasteiger partial charge in [-0.15, -0.1) is 0 Å². The Morgan fingerprint density at radius 2 is 2.05 bits per heavy atom. The number of amides is 1. The smallest absolute Gasteiger partial charge is 0.271 e. The van der Waals surface area contributed by atoms with Gasteiger partial charge in [0.1, 0.15) is 5.69 Å². The maximum absolute atomic E-state index is 12.8. The molecule has 5 nitrogen and oxygen atoms in total. The summed E-state index contributed by atoms with van der Waals surface area (Å²) in [5.74, 6) is -0.119. The van der Waals surface area contributed by atoms with Gasteiger partial charge in [-0.2, -0.15) is 0 Å². The van der Waals surface area contributed by atoms with Crippen molar-refractivity contribution < 1.29 is 14.3 Å². The van der Waals surface area contributed by atoms with E-state index < -0.39 is 0 Å². The Kier molecular flexibility index (Phi) is 3.98. The first kappa shape index (κ1) is 14.4. The molecule has 0 saturated carbocycles. The lowest BCUT2D eigenvalue weighted by molar-refractivity contribution is 0.0698. The van der Waals surface area contributed by atoms with E-state index in [9.17, 15) is 9.90 Å². The Balaban J connectivity index is 1.88. The molecule has 0 spiro atoms. The first-order valence-electron chi connectivity index (χ1n) is 7.17. The second-order valence-electron chi connectivity index (χ2n) is 5.19. The lowest BCUT2D eigenvalue weighted by atomic mass is 10.2. The first-order valence-corrected chi connectivity index (χ1v) is 7.17. The van der Waals surface area contributed by atoms with Crippen LogP contribution in [-0.4, -0.2) is 33.6 Å². The van der Waals surface area contributed by atoms with Gasteiger partial charge in [-0.25, -0.2) is 0 Å². The molecule has 0 atom stereocenters. The van der Waals surface area contributed by atoms with Gasteiger partial charge in [0, 0.05) is 32.3 Å². The molecule has 1 amide bonds. The van der Waals surface area contributed by atoms with Crippen molar-refractivity contribution in [2.24, 2.45) is 7.05 Å². The van der Waals surface area contributed by atoms with E-state index in [2.05, 4.69) is 0 Å². The van der Waals surface area contributed by atoms with Crippen molar-refractivity contribution in [2.45, 2.75) is 6.54 Å². The van der Waals surface area contributed by atoms with Gasteiger partial charge in [-0.1, -0.05) is 30.3 Å². The number of rotatable bonds is 5. The standard InChI is InChI=1S/C17H18N2O3/c1-18-14-7-10-22-16(14)11-15(18)17(21)19(8-9-20)12-13-5-3-2-4-6-13/h2-7,10-11,20H,8-9,12H2,1H3. The Bertz CT molecular complexity index is 774. The highest BCUT2D eigenvalue weighted by Crippen LogP contribution is 2.21. The van der Waals surface area contributed by atoms with E-state index in [1.807, 2.05) is 48.0 Å². The van der Waals surface area contributed by atoms with Crippen molar-refractivity contribution in [1.29, 1.82) is 0 Å². The van der Waals surface area contributed by atoms with Crippen LogP contribution < -0.4 is 0 Å². The number of furan rings is 1. The number of aliphatic hydroxyl groups excluding tert-OH is 1. The molecule has 1 aromatic carbocycles. The molecular weight excluding hydrogens is 280 g/mol. The zero-order valence-electron chi connectivity index (χ0n) is 12.4. The maximum Gasteiger partial charge on any atom is 0.271 e. The van der Waals surface area contributed by atoms with Crippen molar-refractivity contribution >= 4 is 17.0 Å². The van der Waals surface area contributed by atoms with Crippen molar-refractivity contribution in [1.82, 2.24) is 9.47 Å². The molecule has 1 N–H and O–H groups in total. The average Bonchev–Trinajstić information content (AvgIpc) is 3.11. The molecular formula is C17H18N2O3. The van der Waals surface area contributed by atoms with E-state index in [0.29, 0.717) is 24.4 Å². The third-order valence-electron chi connectivity index (χ3n) is 3.76. The van der Waals surface area contributed by atoms with Gasteiger partial charge in [-0.05, 0) is 5.56 Å². The van der Waals surface area contributed by atoms with Crippen molar-refractivity contribution in [3.8, 4) is 0 Å². The summed E-state index contributed by atoms with van der Waals surface area (Å²) in [4.78, 5) is 14.4. The minimum atomic E-state index is -0.119. The van der Waals surface area contributed by atoms with Crippen LogP contribution in [0.5, 0.6) is 0 Å². The molecule has 0 saturated heterocycles. The minimum absolute atomic E-state index is 0.0703. The minimum Gasteiger partial charge on any atom is -0.463 e. The number of carbonyl (C=O) groups is 1. The normalized spacial score (nSPS) is 11.0. The molecule has 2 heterocycles. The fourth-order valence-corrected chi connectivity index (χ4v) is 2.59. The SMILES string of the molecule is Cn1c(C(=O)N(CCO)Cc2ccccc2)cc2occc21. The molecule has 0 unspecified atom stereocenters. The number of aryl methyl sites for hydroxylation is 1. The largest absolute Gasteiger partial charge is 0.463 e. The van der Waals surface area contributed by atoms with Gasteiger partial charge in [0.25, 0.3) is 5.91 Å². The van der Waals surface area contributed by atoms with E-state index in [0.717, 1.165) is 11.1 Å². The van der Waals surface area contributed by atoms with Gasteiger partial charge in [0.2, 0.25) is 0 Å². The molecule has 5 heteroatoms. The number of aromatic nitrogens is 1. The van der Waals surface area contributed by atoms with E-state index >= 15 is 0 Å². The topological polar surface area (TPSA) is 58.6 Å². The van der Waals surface area contributed by atoms with Crippen LogP contribution >= 0.6 is 0 Å². The zero-order valence-corrected chi connectivity index (χ0v) is 12.4. The summed E-state index contributed by atoms with van der Waals surface area (Å²) < 4.78 is 7.16. The molecule has 22 heavy (non-hydrogen) atoms. The molecule has 114 valence electrons. The molecule has 0 fully saturated rings. The van der Waals surface area contributed by atoms with Crippen molar-refractivity contribution in [3.63, 3.8) is 0 Å². The van der Waals surface area contributed by atoms with Crippen LogP contribution in [0, 0.1) is 0 Å². The van der Waals surface area contributed by atoms with E-state index in [1.165, 1.54) is 0 Å². The van der Waals surface area contributed by atoms with Crippen LogP contribution in [0.2, 0.25) is 0 Å². The number of nitrogens with zero attached hydrogens (tertiary/aromatic N) is 2. The molecule has 3 aromatic rings. The Morgan fingerprint density at radius 3 is 2.73 bits per heavy atom. The van der Waals surface area contributed by atoms with Gasteiger partial charge in [0.05, 0.1) is 18.4 Å². The molecule has 0 aliphatic carbocycles. The quantitative estimate of drug-likeness (QED) is 0.787. The van der Waals surface area contributed by atoms with Gasteiger partial charge in [-0.3, -0.25) is 4.79 Å². The Labute approximate surface area is 128 Å². The number of carbonyl (C=O) groups excluding carboxylic acids is 1. The second-order valence-corrected chi connectivity index (χ2v) is 5.19. The summed E-state index contributed by atoms with van der Waals surface area (Å²) >= 11 is 0. The Morgan fingerprint density at radius 1 is 1.27 bits per heavy atom. The van der Waals surface area contributed by atoms with Gasteiger partial charge >= 0.3 is 0 Å². The van der Waals surface area contributed by atoms with E-state index in [-0.39, 0.29) is 12.5 Å². The molecule has 2 aromatic heterocycles. The highest BCUT2D eigenvalue weighted by molar-refractivity contribution is 5.97. The predicted octanol–water partition coefficient (Wildman–Crippen LogP) is 2.41. The molecule has 0 bridgehead atoms. The van der Waals surface area contributed by atoms with Crippen LogP contribution in [0.1, 0.15) is 16.1 Å². The summed E-state index contributed by atoms with van der Waals surface area (Å²) in [7, 11) is 1.84. The van der Waals surface area contributed by atoms with Crippen LogP contribution in [0.25, 0.3) is 11.1 Å². The summed E-state index contributed by atoms with van der Waals surface area (Å²) in [5.41, 5.74) is 3.16. The number of benzene rings is 1. The fraction of sp³-hybridized carbons (Fsp3) is 0.235. The highest BCUT2D eigenvalue weighted by Gasteiger charge is 2.21. The summed E-state index contributed by atoms with van der Waals surface area (Å²) in [6.45, 7) is 0.687. The zero-order chi connectivity index (χ0) is 15.5. The van der Waals surface area contributed by atoms with E-state index in [4.69, 9.17) is 4.42 Å². The van der Waals surface area contributed by atoms with Crippen molar-refractivity contribution in [3.05, 3.63) is 60.0 Å². The first-order chi connectivity index (χ1) is 10.7. The lowest BCUT2D eigenvalue weighted by Gasteiger charge is -2.22. The number of fused-ring (bicyclic) bond motifs is 1. The third-order valence-corrected chi connectivity index (χ3v) is 3.76. The van der Waals surface area contributed by atoms with Crippen molar-refractivity contribution in [2.75, 3.05) is 13.2 Å². The lowest BCUT2D eigenvalue weighted by Crippen LogP contribution is -2.34. The van der Waals surface area contributed by atoms with Crippen LogP contribution in [0.4, 0.5) is 0 Å². The monoisotopic (exact) mass is 298 g/mol. The maximum atomic E-state index is 12.8. The molecule has 0 aliphatic heterocycles. The summed E-state index contributed by atoms with van der Waals surface area (Å²) in [6, 6.07) is 13.3. The third kappa shape index (κ3) is 2.63. The van der Waals surface area contributed by atoms with Crippen LogP contribution in [-0.2, 0) is 13.6 Å². The number of hydrogen-bond donors (Lipinski definition) is 1. The number of hydrogen-bond acceptors (Lipinski definition) is 3. The summed E-state index contributed by atoms with van der Waals surface area (Å²) in [5, 5.41) is 9.26. The fourth-order valence-electron chi connectivity index (χ4n) is 2.59. The van der Waals surface area contributed by atoms with Gasteiger partial charge in [0.15, 0.2) is 5.58 Å². The summed E-state index contributed by atoms with van der Waals surface area (Å²) in [6.07, 6.45) is 1.61.